The molecule has 0 atom stereocenters. The Bertz CT molecular complexity index is 320. The van der Waals surface area contributed by atoms with Gasteiger partial charge in [-0.25, -0.2) is 0 Å². The van der Waals surface area contributed by atoms with E-state index in [2.05, 4.69) is 30.5 Å². The van der Waals surface area contributed by atoms with Crippen LogP contribution in [-0.4, -0.2) is 28.0 Å². The third kappa shape index (κ3) is 4.88. The minimum absolute atomic E-state index is 0.306. The van der Waals surface area contributed by atoms with Crippen LogP contribution in [0.2, 0.25) is 0 Å². The van der Waals surface area contributed by atoms with Gasteiger partial charge in [-0.3, -0.25) is 4.68 Å². The van der Waals surface area contributed by atoms with Gasteiger partial charge in [0, 0.05) is 32.0 Å². The van der Waals surface area contributed by atoms with Crippen molar-refractivity contribution in [2.45, 2.75) is 45.6 Å². The van der Waals surface area contributed by atoms with Gasteiger partial charge in [0.15, 0.2) is 0 Å². The first-order chi connectivity index (χ1) is 8.15. The standard InChI is InChI=1S/C13H25N3O/c1-11(2)13-12(10-16(3)15-13)9-14-7-5-4-6-8-17/h10-11,14,17H,4-9H2,1-3H3. The number of unbranched alkanes of at least 4 members (excludes halogenated alkanes) is 2. The van der Waals surface area contributed by atoms with Crippen molar-refractivity contribution < 1.29 is 5.11 Å². The number of aliphatic hydroxyl groups excluding tert-OH is 1. The summed E-state index contributed by atoms with van der Waals surface area (Å²) in [5.41, 5.74) is 2.49. The summed E-state index contributed by atoms with van der Waals surface area (Å²) in [7, 11) is 1.97. The third-order valence-electron chi connectivity index (χ3n) is 2.81. The second-order valence-electron chi connectivity index (χ2n) is 4.83. The van der Waals surface area contributed by atoms with Crippen LogP contribution in [0.25, 0.3) is 0 Å². The molecule has 4 heteroatoms. The second-order valence-corrected chi connectivity index (χ2v) is 4.83. The fourth-order valence-corrected chi connectivity index (χ4v) is 1.94. The first kappa shape index (κ1) is 14.2. The molecule has 0 saturated heterocycles. The first-order valence-corrected chi connectivity index (χ1v) is 6.49. The zero-order valence-electron chi connectivity index (χ0n) is 11.2. The average molecular weight is 239 g/mol. The van der Waals surface area contributed by atoms with E-state index in [4.69, 9.17) is 5.11 Å². The Labute approximate surface area is 104 Å². The molecule has 0 fully saturated rings. The first-order valence-electron chi connectivity index (χ1n) is 6.49. The molecule has 0 radical (unpaired) electrons. The van der Waals surface area contributed by atoms with Gasteiger partial charge in [0.2, 0.25) is 0 Å². The van der Waals surface area contributed by atoms with Crippen LogP contribution in [0.3, 0.4) is 0 Å². The molecule has 1 heterocycles. The molecule has 0 aliphatic carbocycles. The highest BCUT2D eigenvalue weighted by Crippen LogP contribution is 2.16. The number of aromatic nitrogens is 2. The minimum atomic E-state index is 0.306. The van der Waals surface area contributed by atoms with E-state index in [1.54, 1.807) is 0 Å². The lowest BCUT2D eigenvalue weighted by molar-refractivity contribution is 0.283. The fraction of sp³-hybridized carbons (Fsp3) is 0.769. The predicted octanol–water partition coefficient (Wildman–Crippen LogP) is 1.80. The van der Waals surface area contributed by atoms with Crippen molar-refractivity contribution >= 4 is 0 Å². The minimum Gasteiger partial charge on any atom is -0.396 e. The molecule has 1 aromatic rings. The summed E-state index contributed by atoms with van der Waals surface area (Å²) in [6.07, 6.45) is 5.22. The number of nitrogens with zero attached hydrogens (tertiary/aromatic N) is 2. The number of rotatable bonds is 8. The van der Waals surface area contributed by atoms with E-state index in [1.807, 2.05) is 11.7 Å². The smallest absolute Gasteiger partial charge is 0.0694 e. The maximum absolute atomic E-state index is 8.67. The van der Waals surface area contributed by atoms with E-state index in [-0.39, 0.29) is 0 Å². The van der Waals surface area contributed by atoms with E-state index < -0.39 is 0 Å². The monoisotopic (exact) mass is 239 g/mol. The Hall–Kier alpha value is -0.870. The van der Waals surface area contributed by atoms with Crippen molar-refractivity contribution in [1.82, 2.24) is 15.1 Å². The molecule has 1 aromatic heterocycles. The van der Waals surface area contributed by atoms with Gasteiger partial charge in [-0.2, -0.15) is 5.10 Å². The Morgan fingerprint density at radius 2 is 2.12 bits per heavy atom. The molecule has 0 spiro atoms. The van der Waals surface area contributed by atoms with Crippen LogP contribution in [0.5, 0.6) is 0 Å². The van der Waals surface area contributed by atoms with Crippen LogP contribution in [0.15, 0.2) is 6.20 Å². The third-order valence-corrected chi connectivity index (χ3v) is 2.81. The predicted molar refractivity (Wildman–Crippen MR) is 69.9 cm³/mol. The Kier molecular flexibility index (Phi) is 6.22. The largest absolute Gasteiger partial charge is 0.396 e. The lowest BCUT2D eigenvalue weighted by atomic mass is 10.1. The molecule has 2 N–H and O–H groups in total. The Balaban J connectivity index is 2.31. The Morgan fingerprint density at radius 3 is 2.76 bits per heavy atom. The van der Waals surface area contributed by atoms with Crippen LogP contribution >= 0.6 is 0 Å². The van der Waals surface area contributed by atoms with Crippen molar-refractivity contribution in [3.8, 4) is 0 Å². The topological polar surface area (TPSA) is 50.1 Å². The average Bonchev–Trinajstić information content (AvgIpc) is 2.65. The molecule has 0 bridgehead atoms. The van der Waals surface area contributed by atoms with Crippen LogP contribution in [0.4, 0.5) is 0 Å². The van der Waals surface area contributed by atoms with Gasteiger partial charge in [-0.05, 0) is 31.7 Å². The van der Waals surface area contributed by atoms with E-state index in [0.717, 1.165) is 32.4 Å². The van der Waals surface area contributed by atoms with Gasteiger partial charge in [0.1, 0.15) is 0 Å². The summed E-state index contributed by atoms with van der Waals surface area (Å²) < 4.78 is 1.89. The zero-order chi connectivity index (χ0) is 12.7. The molecule has 4 nitrogen and oxygen atoms in total. The molecule has 0 saturated carbocycles. The number of hydrogen-bond acceptors (Lipinski definition) is 3. The highest BCUT2D eigenvalue weighted by molar-refractivity contribution is 5.19. The molecule has 0 aliphatic heterocycles. The molecule has 98 valence electrons. The van der Waals surface area contributed by atoms with Crippen LogP contribution in [0.1, 0.15) is 50.3 Å². The lowest BCUT2D eigenvalue weighted by Crippen LogP contribution is -2.15. The van der Waals surface area contributed by atoms with Crippen LogP contribution in [-0.2, 0) is 13.6 Å². The van der Waals surface area contributed by atoms with Crippen molar-refractivity contribution in [2.75, 3.05) is 13.2 Å². The van der Waals surface area contributed by atoms with E-state index in [9.17, 15) is 0 Å². The van der Waals surface area contributed by atoms with Gasteiger partial charge in [0.05, 0.1) is 5.69 Å². The Morgan fingerprint density at radius 1 is 1.35 bits per heavy atom. The molecule has 0 aliphatic rings. The van der Waals surface area contributed by atoms with Gasteiger partial charge in [0.25, 0.3) is 0 Å². The van der Waals surface area contributed by atoms with Gasteiger partial charge in [-0.1, -0.05) is 13.8 Å². The number of nitrogens with one attached hydrogen (secondary N) is 1. The van der Waals surface area contributed by atoms with Crippen LogP contribution in [0, 0.1) is 0 Å². The van der Waals surface area contributed by atoms with E-state index in [0.29, 0.717) is 12.5 Å². The highest BCUT2D eigenvalue weighted by atomic mass is 16.2. The number of aliphatic hydroxyl groups is 1. The van der Waals surface area contributed by atoms with Crippen molar-refractivity contribution in [1.29, 1.82) is 0 Å². The maximum atomic E-state index is 8.67. The molecular formula is C13H25N3O. The summed E-state index contributed by atoms with van der Waals surface area (Å²) in [6, 6.07) is 0. The molecule has 0 amide bonds. The van der Waals surface area contributed by atoms with E-state index in [1.165, 1.54) is 11.3 Å². The summed E-state index contributed by atoms with van der Waals surface area (Å²) >= 11 is 0. The SMILES string of the molecule is CC(C)c1nn(C)cc1CNCCCCCO. The van der Waals surface area contributed by atoms with Gasteiger partial charge in [-0.15, -0.1) is 0 Å². The zero-order valence-corrected chi connectivity index (χ0v) is 11.2. The number of hydrogen-bond donors (Lipinski definition) is 2. The maximum Gasteiger partial charge on any atom is 0.0694 e. The van der Waals surface area contributed by atoms with Crippen LogP contribution < -0.4 is 5.32 Å². The summed E-state index contributed by atoms with van der Waals surface area (Å²) in [4.78, 5) is 0. The lowest BCUT2D eigenvalue weighted by Gasteiger charge is -2.06. The molecular weight excluding hydrogens is 214 g/mol. The number of aryl methyl sites for hydroxylation is 1. The molecule has 1 rings (SSSR count). The van der Waals surface area contributed by atoms with E-state index >= 15 is 0 Å². The van der Waals surface area contributed by atoms with Crippen molar-refractivity contribution in [3.63, 3.8) is 0 Å². The summed E-state index contributed by atoms with van der Waals surface area (Å²) in [5.74, 6) is 0.474. The molecule has 0 unspecified atom stereocenters. The summed E-state index contributed by atoms with van der Waals surface area (Å²) in [5, 5.41) is 16.6. The van der Waals surface area contributed by atoms with Crippen molar-refractivity contribution in [3.05, 3.63) is 17.5 Å². The summed E-state index contributed by atoms with van der Waals surface area (Å²) in [6.45, 7) is 6.55. The highest BCUT2D eigenvalue weighted by Gasteiger charge is 2.10. The second kappa shape index (κ2) is 7.45. The molecule has 0 aromatic carbocycles. The fourth-order valence-electron chi connectivity index (χ4n) is 1.94. The normalized spacial score (nSPS) is 11.4. The van der Waals surface area contributed by atoms with Gasteiger partial charge >= 0.3 is 0 Å². The molecule has 17 heavy (non-hydrogen) atoms. The van der Waals surface area contributed by atoms with Crippen molar-refractivity contribution in [2.24, 2.45) is 7.05 Å². The van der Waals surface area contributed by atoms with Gasteiger partial charge < -0.3 is 10.4 Å². The quantitative estimate of drug-likeness (QED) is 0.680.